The minimum Gasteiger partial charge on any atom is -0.432 e. The summed E-state index contributed by atoms with van der Waals surface area (Å²) in [5.74, 6) is -0.468. The van der Waals surface area contributed by atoms with Crippen molar-refractivity contribution in [3.63, 3.8) is 0 Å². The average Bonchev–Trinajstić information content (AvgIpc) is 3.27. The third kappa shape index (κ3) is 3.99. The van der Waals surface area contributed by atoms with E-state index in [0.29, 0.717) is 26.1 Å². The van der Waals surface area contributed by atoms with Gasteiger partial charge in [-0.1, -0.05) is 37.3 Å². The number of nitrogens with one attached hydrogen (secondary N) is 1. The maximum Gasteiger partial charge on any atom is 0.264 e. The quantitative estimate of drug-likeness (QED) is 0.517. The molecule has 0 aliphatic carbocycles. The van der Waals surface area contributed by atoms with Crippen molar-refractivity contribution in [1.82, 2.24) is 5.32 Å². The van der Waals surface area contributed by atoms with E-state index >= 15 is 0 Å². The fourth-order valence-corrected chi connectivity index (χ4v) is 9.04. The molecule has 2 saturated heterocycles. The number of nitrogens with zero attached hydrogens (tertiary/aromatic N) is 2. The molecule has 2 aromatic rings. The molecule has 9 heteroatoms. The van der Waals surface area contributed by atoms with Crippen LogP contribution in [-0.2, 0) is 26.5 Å². The molecule has 0 aromatic heterocycles. The van der Waals surface area contributed by atoms with Gasteiger partial charge in [0.2, 0.25) is 5.91 Å². The third-order valence-electron chi connectivity index (χ3n) is 7.97. The predicted octanol–water partition coefficient (Wildman–Crippen LogP) is 2.35. The number of rotatable bonds is 6. The minimum absolute atomic E-state index is 0.0129. The highest BCUT2D eigenvalue weighted by molar-refractivity contribution is 6.71. The molecule has 4 atom stereocenters. The van der Waals surface area contributed by atoms with Crippen molar-refractivity contribution in [1.29, 1.82) is 0 Å². The lowest BCUT2D eigenvalue weighted by Gasteiger charge is -2.33. The van der Waals surface area contributed by atoms with Crippen LogP contribution in [0, 0.1) is 5.92 Å². The molecule has 0 saturated carbocycles. The molecule has 3 aliphatic heterocycles. The SMILES string of the molecule is C[C@@H]1[C@@H]([Si](C)(C)O)[C@H](CCO)O[C@@]12C(=O)N(Cc1ccccc1)c1ccc(N3CCNCC3=O)cc12. The largest absolute Gasteiger partial charge is 0.432 e. The number of carbonyl (C=O) groups is 2. The molecule has 36 heavy (non-hydrogen) atoms. The molecule has 3 heterocycles. The second kappa shape index (κ2) is 9.39. The van der Waals surface area contributed by atoms with Crippen LogP contribution >= 0.6 is 0 Å². The van der Waals surface area contributed by atoms with E-state index in [1.165, 1.54) is 0 Å². The van der Waals surface area contributed by atoms with Gasteiger partial charge in [0, 0.05) is 42.4 Å². The van der Waals surface area contributed by atoms with Crippen LogP contribution in [-0.4, -0.2) is 62.4 Å². The third-order valence-corrected chi connectivity index (χ3v) is 10.5. The van der Waals surface area contributed by atoms with Gasteiger partial charge in [-0.05, 0) is 43.3 Å². The Morgan fingerprint density at radius 1 is 1.17 bits per heavy atom. The second-order valence-corrected chi connectivity index (χ2v) is 14.6. The van der Waals surface area contributed by atoms with E-state index in [9.17, 15) is 19.5 Å². The van der Waals surface area contributed by atoms with Gasteiger partial charge in [0.1, 0.15) is 0 Å². The highest BCUT2D eigenvalue weighted by Gasteiger charge is 2.66. The Hall–Kier alpha value is -2.56. The Kier molecular flexibility index (Phi) is 6.55. The molecule has 2 amide bonds. The fourth-order valence-electron chi connectivity index (χ4n) is 6.43. The summed E-state index contributed by atoms with van der Waals surface area (Å²) in [6, 6.07) is 15.6. The molecule has 2 aromatic carbocycles. The second-order valence-electron chi connectivity index (χ2n) is 10.7. The van der Waals surface area contributed by atoms with Crippen LogP contribution < -0.4 is 15.1 Å². The number of fused-ring (bicyclic) bond motifs is 2. The van der Waals surface area contributed by atoms with Crippen molar-refractivity contribution < 1.29 is 24.2 Å². The van der Waals surface area contributed by atoms with Crippen molar-refractivity contribution >= 4 is 31.5 Å². The number of amides is 2. The van der Waals surface area contributed by atoms with E-state index in [-0.39, 0.29) is 36.4 Å². The number of carbonyl (C=O) groups excluding carboxylic acids is 2. The lowest BCUT2D eigenvalue weighted by molar-refractivity contribution is -0.146. The van der Waals surface area contributed by atoms with Crippen LogP contribution in [0.2, 0.25) is 18.6 Å². The van der Waals surface area contributed by atoms with E-state index in [1.807, 2.05) is 68.5 Å². The van der Waals surface area contributed by atoms with Crippen LogP contribution in [0.5, 0.6) is 0 Å². The van der Waals surface area contributed by atoms with E-state index in [4.69, 9.17) is 4.74 Å². The van der Waals surface area contributed by atoms with Crippen molar-refractivity contribution in [3.05, 3.63) is 59.7 Å². The van der Waals surface area contributed by atoms with Gasteiger partial charge >= 0.3 is 0 Å². The molecule has 8 nitrogen and oxygen atoms in total. The summed E-state index contributed by atoms with van der Waals surface area (Å²) in [6.45, 7) is 7.57. The zero-order valence-electron chi connectivity index (χ0n) is 21.1. The number of hydrogen-bond acceptors (Lipinski definition) is 6. The number of anilines is 2. The normalized spacial score (nSPS) is 28.3. The Bertz CT molecular complexity index is 1150. The summed E-state index contributed by atoms with van der Waals surface area (Å²) < 4.78 is 6.69. The number of ether oxygens (including phenoxy) is 1. The summed E-state index contributed by atoms with van der Waals surface area (Å²) in [4.78, 5) is 41.8. The first-order chi connectivity index (χ1) is 17.2. The van der Waals surface area contributed by atoms with Crippen molar-refractivity contribution in [3.8, 4) is 0 Å². The van der Waals surface area contributed by atoms with Crippen LogP contribution in [0.4, 0.5) is 11.4 Å². The molecule has 192 valence electrons. The van der Waals surface area contributed by atoms with Gasteiger partial charge in [-0.3, -0.25) is 9.59 Å². The summed E-state index contributed by atoms with van der Waals surface area (Å²) >= 11 is 0. The summed E-state index contributed by atoms with van der Waals surface area (Å²) in [5, 5.41) is 12.9. The smallest absolute Gasteiger partial charge is 0.264 e. The molecule has 1 spiro atoms. The van der Waals surface area contributed by atoms with Crippen LogP contribution in [0.25, 0.3) is 0 Å². The van der Waals surface area contributed by atoms with E-state index < -0.39 is 20.0 Å². The fraction of sp³-hybridized carbons (Fsp3) is 0.481. The molecular weight excluding hydrogens is 474 g/mol. The maximum atomic E-state index is 14.4. The molecule has 5 rings (SSSR count). The van der Waals surface area contributed by atoms with Crippen molar-refractivity contribution in [2.45, 2.75) is 50.2 Å². The average molecular weight is 510 g/mol. The van der Waals surface area contributed by atoms with Crippen molar-refractivity contribution in [2.75, 3.05) is 36.0 Å². The van der Waals surface area contributed by atoms with Gasteiger partial charge in [-0.25, -0.2) is 0 Å². The standard InChI is InChI=1S/C27H35N3O5Si/c1-18-25(36(2,3)34)23(11-14-31)35-27(18)21-15-20(29-13-12-28-16-24(29)32)9-10-22(21)30(26(27)33)17-19-7-5-4-6-8-19/h4-10,15,18,23,25,28,31,34H,11-14,16-17H2,1-3H3/t18-,23+,25-,27+/m1/s1. The van der Waals surface area contributed by atoms with Crippen LogP contribution in [0.3, 0.4) is 0 Å². The highest BCUT2D eigenvalue weighted by atomic mass is 28.4. The van der Waals surface area contributed by atoms with Crippen LogP contribution in [0.15, 0.2) is 48.5 Å². The Labute approximate surface area is 213 Å². The van der Waals surface area contributed by atoms with Gasteiger partial charge in [-0.15, -0.1) is 0 Å². The van der Waals surface area contributed by atoms with Gasteiger partial charge in [0.15, 0.2) is 13.9 Å². The topological polar surface area (TPSA) is 102 Å². The minimum atomic E-state index is -2.76. The highest BCUT2D eigenvalue weighted by Crippen LogP contribution is 2.60. The van der Waals surface area contributed by atoms with Gasteiger partial charge in [0.05, 0.1) is 24.9 Å². The Morgan fingerprint density at radius 3 is 2.58 bits per heavy atom. The van der Waals surface area contributed by atoms with Crippen molar-refractivity contribution in [2.24, 2.45) is 5.92 Å². The van der Waals surface area contributed by atoms with Crippen LogP contribution in [0.1, 0.15) is 24.5 Å². The van der Waals surface area contributed by atoms with Gasteiger partial charge < -0.3 is 29.8 Å². The summed E-state index contributed by atoms with van der Waals surface area (Å²) in [7, 11) is -2.76. The van der Waals surface area contributed by atoms with Gasteiger partial charge in [-0.2, -0.15) is 0 Å². The summed E-state index contributed by atoms with van der Waals surface area (Å²) in [5.41, 5.74) is 1.73. The molecule has 0 unspecified atom stereocenters. The number of hydrogen-bond donors (Lipinski definition) is 3. The monoisotopic (exact) mass is 509 g/mol. The zero-order chi connectivity index (χ0) is 25.7. The number of piperazine rings is 1. The lowest BCUT2D eigenvalue weighted by Crippen LogP contribution is -2.48. The Balaban J connectivity index is 1.64. The molecule has 0 bridgehead atoms. The maximum absolute atomic E-state index is 14.4. The lowest BCUT2D eigenvalue weighted by atomic mass is 9.82. The van der Waals surface area contributed by atoms with E-state index in [0.717, 1.165) is 22.5 Å². The molecular formula is C27H35N3O5Si. The first kappa shape index (κ1) is 25.1. The molecule has 3 aliphatic rings. The summed E-state index contributed by atoms with van der Waals surface area (Å²) in [6.07, 6.45) is -0.0833. The van der Waals surface area contributed by atoms with E-state index in [2.05, 4.69) is 5.32 Å². The number of benzene rings is 2. The number of aliphatic hydroxyl groups excluding tert-OH is 1. The predicted molar refractivity (Wildman–Crippen MR) is 140 cm³/mol. The molecule has 2 fully saturated rings. The zero-order valence-corrected chi connectivity index (χ0v) is 22.1. The molecule has 3 N–H and O–H groups in total. The van der Waals surface area contributed by atoms with E-state index in [1.54, 1.807) is 9.80 Å². The Morgan fingerprint density at radius 2 is 1.92 bits per heavy atom. The number of aliphatic hydroxyl groups is 1. The molecule has 0 radical (unpaired) electrons. The first-order valence-electron chi connectivity index (χ1n) is 12.7. The first-order valence-corrected chi connectivity index (χ1v) is 15.7. The van der Waals surface area contributed by atoms with Gasteiger partial charge in [0.25, 0.3) is 5.91 Å².